The highest BCUT2D eigenvalue weighted by Crippen LogP contribution is 2.38. The Morgan fingerprint density at radius 1 is 1.09 bits per heavy atom. The van der Waals surface area contributed by atoms with Crippen LogP contribution in [-0.2, 0) is 4.74 Å². The molecule has 4 aromatic rings. The number of hydrogen-bond acceptors (Lipinski definition) is 10. The van der Waals surface area contributed by atoms with Gasteiger partial charge in [0.2, 0.25) is 11.8 Å². The number of ether oxygens (including phenoxy) is 3. The van der Waals surface area contributed by atoms with Crippen molar-refractivity contribution in [3.05, 3.63) is 61.1 Å². The lowest BCUT2D eigenvalue weighted by atomic mass is 10.2. The second-order valence-electron chi connectivity index (χ2n) is 7.29. The topological polar surface area (TPSA) is 109 Å². The van der Waals surface area contributed by atoms with Gasteiger partial charge in [0.1, 0.15) is 23.5 Å². The fourth-order valence-corrected chi connectivity index (χ4v) is 4.25. The first-order valence-electron chi connectivity index (χ1n) is 10.8. The van der Waals surface area contributed by atoms with Crippen molar-refractivity contribution in [1.82, 2.24) is 24.7 Å². The van der Waals surface area contributed by atoms with Crippen molar-refractivity contribution < 1.29 is 23.0 Å². The van der Waals surface area contributed by atoms with Gasteiger partial charge in [0.25, 0.3) is 0 Å². The third-order valence-corrected chi connectivity index (χ3v) is 6.00. The molecule has 1 aromatic carbocycles. The van der Waals surface area contributed by atoms with Crippen LogP contribution in [-0.4, -0.2) is 57.4 Å². The quantitative estimate of drug-likeness (QED) is 0.367. The summed E-state index contributed by atoms with van der Waals surface area (Å²) < 4.78 is 39.3. The van der Waals surface area contributed by atoms with Crippen LogP contribution in [0.2, 0.25) is 0 Å². The summed E-state index contributed by atoms with van der Waals surface area (Å²) in [5, 5.41) is 9.06. The Balaban J connectivity index is 0.000000356. The largest absolute Gasteiger partial charge is 0.494 e. The van der Waals surface area contributed by atoms with Gasteiger partial charge >= 0.3 is 0 Å². The first-order valence-corrected chi connectivity index (χ1v) is 11.7. The van der Waals surface area contributed by atoms with Gasteiger partial charge < -0.3 is 18.6 Å². The molecule has 0 saturated carbocycles. The van der Waals surface area contributed by atoms with Gasteiger partial charge in [-0.3, -0.25) is 9.29 Å². The van der Waals surface area contributed by atoms with Crippen LogP contribution in [0, 0.1) is 5.82 Å². The van der Waals surface area contributed by atoms with Crippen LogP contribution in [0.4, 0.5) is 10.3 Å². The molecule has 1 fully saturated rings. The number of nitrogens with one attached hydrogen (secondary N) is 1. The highest BCUT2D eigenvalue weighted by Gasteiger charge is 2.24. The van der Waals surface area contributed by atoms with E-state index in [0.717, 1.165) is 38.4 Å². The molecule has 12 heteroatoms. The first-order chi connectivity index (χ1) is 17.2. The van der Waals surface area contributed by atoms with E-state index in [4.69, 9.17) is 18.6 Å². The van der Waals surface area contributed by atoms with Gasteiger partial charge in [-0.05, 0) is 49.1 Å². The average molecular weight is 501 g/mol. The monoisotopic (exact) mass is 500 g/mol. The van der Waals surface area contributed by atoms with Crippen molar-refractivity contribution in [2.24, 2.45) is 0 Å². The Morgan fingerprint density at radius 3 is 2.43 bits per heavy atom. The van der Waals surface area contributed by atoms with Crippen molar-refractivity contribution in [2.75, 3.05) is 32.2 Å². The minimum Gasteiger partial charge on any atom is -0.494 e. The molecule has 0 aliphatic carbocycles. The van der Waals surface area contributed by atoms with Gasteiger partial charge in [-0.15, -0.1) is 10.2 Å². The zero-order valence-electron chi connectivity index (χ0n) is 19.3. The highest BCUT2D eigenvalue weighted by atomic mass is 32.2. The predicted octanol–water partition coefficient (Wildman–Crippen LogP) is 4.40. The molecule has 1 aliphatic rings. The molecule has 0 spiro atoms. The molecule has 3 aromatic heterocycles. The maximum absolute atomic E-state index is 11.8. The minimum absolute atomic E-state index is 0.352. The Labute approximate surface area is 206 Å². The van der Waals surface area contributed by atoms with Crippen molar-refractivity contribution in [3.8, 4) is 28.8 Å². The summed E-state index contributed by atoms with van der Waals surface area (Å²) in [6, 6.07) is 9.27. The maximum Gasteiger partial charge on any atom is 0.239 e. The van der Waals surface area contributed by atoms with Crippen molar-refractivity contribution in [1.29, 1.82) is 0 Å². The second-order valence-corrected chi connectivity index (χ2v) is 8.39. The number of halogens is 1. The van der Waals surface area contributed by atoms with Crippen LogP contribution in [0.5, 0.6) is 11.5 Å². The minimum atomic E-state index is -0.400. The summed E-state index contributed by atoms with van der Waals surface area (Å²) in [6.45, 7) is 1.54. The Hall–Kier alpha value is -3.64. The maximum atomic E-state index is 11.8. The van der Waals surface area contributed by atoms with E-state index in [2.05, 4.69) is 24.9 Å². The zero-order chi connectivity index (χ0) is 24.5. The molecule has 35 heavy (non-hydrogen) atoms. The molecule has 184 valence electrons. The number of benzene rings is 1. The lowest BCUT2D eigenvalue weighted by molar-refractivity contribution is 0.102. The molecule has 4 heterocycles. The predicted molar refractivity (Wildman–Crippen MR) is 129 cm³/mol. The number of anilines is 1. The molecule has 1 aliphatic heterocycles. The van der Waals surface area contributed by atoms with Crippen molar-refractivity contribution in [3.63, 3.8) is 0 Å². The summed E-state index contributed by atoms with van der Waals surface area (Å²) in [5.74, 6) is 2.59. The van der Waals surface area contributed by atoms with E-state index < -0.39 is 5.82 Å². The van der Waals surface area contributed by atoms with Crippen LogP contribution in [0.1, 0.15) is 12.8 Å². The van der Waals surface area contributed by atoms with Crippen LogP contribution in [0.15, 0.2) is 59.7 Å². The summed E-state index contributed by atoms with van der Waals surface area (Å²) in [5.41, 5.74) is 0.701. The molecule has 0 bridgehead atoms. The number of furan rings is 1. The molecule has 1 atom stereocenters. The number of rotatable bonds is 7. The van der Waals surface area contributed by atoms with E-state index in [-0.39, 0.29) is 0 Å². The molecule has 1 saturated heterocycles. The van der Waals surface area contributed by atoms with Crippen LogP contribution >= 0.6 is 11.9 Å². The summed E-state index contributed by atoms with van der Waals surface area (Å²) in [7, 11) is 3.24. The number of nitrogens with zero attached hydrogens (tertiary/aromatic N) is 5. The summed E-state index contributed by atoms with van der Waals surface area (Å²) >= 11 is 1.59. The van der Waals surface area contributed by atoms with Crippen molar-refractivity contribution >= 4 is 17.9 Å². The normalized spacial score (nSPS) is 15.1. The van der Waals surface area contributed by atoms with Gasteiger partial charge in [0.05, 0.1) is 39.5 Å². The fourth-order valence-electron chi connectivity index (χ4n) is 3.40. The van der Waals surface area contributed by atoms with Gasteiger partial charge in [-0.2, -0.15) is 0 Å². The second kappa shape index (κ2) is 12.2. The Kier molecular flexibility index (Phi) is 8.52. The van der Waals surface area contributed by atoms with Crippen molar-refractivity contribution in [2.45, 2.75) is 18.1 Å². The highest BCUT2D eigenvalue weighted by molar-refractivity contribution is 8.01. The van der Waals surface area contributed by atoms with E-state index in [9.17, 15) is 4.39 Å². The molecular weight excluding hydrogens is 475 g/mol. The fraction of sp³-hybridized carbons (Fsp3) is 0.304. The number of hydrogen-bond donors (Lipinski definition) is 1. The Bertz CT molecular complexity index is 1160. The molecule has 1 unspecified atom stereocenters. The Morgan fingerprint density at radius 2 is 1.86 bits per heavy atom. The zero-order valence-corrected chi connectivity index (χ0v) is 20.1. The van der Waals surface area contributed by atoms with E-state index in [1.165, 1.54) is 6.33 Å². The number of aromatic nitrogens is 5. The lowest BCUT2D eigenvalue weighted by Crippen LogP contribution is -2.21. The molecule has 0 amide bonds. The van der Waals surface area contributed by atoms with Crippen LogP contribution in [0.3, 0.4) is 0 Å². The molecule has 0 radical (unpaired) electrons. The third kappa shape index (κ3) is 6.08. The summed E-state index contributed by atoms with van der Waals surface area (Å²) in [6.07, 6.45) is 7.25. The van der Waals surface area contributed by atoms with E-state index in [1.54, 1.807) is 32.4 Å². The molecule has 10 nitrogen and oxygen atoms in total. The SMILES string of the molecule is COc1cccc(OC)c1-n1c(NSC2CCCOC2)nnc1-c1ccco1.Fc1cncnc1. The standard InChI is InChI=1S/C19H22N4O4S.C4H3FN2/c1-24-14-7-3-8-15(25-2)17(14)23-18(16-9-5-11-27-16)20-21-19(23)22-28-13-6-4-10-26-12-13;5-4-1-6-3-7-2-4/h3,5,7-9,11,13H,4,6,10,12H2,1-2H3,(H,21,22);1-3H. The molecule has 5 rings (SSSR count). The van der Waals surface area contributed by atoms with Gasteiger partial charge in [0, 0.05) is 11.9 Å². The van der Waals surface area contributed by atoms with E-state index in [1.807, 2.05) is 34.9 Å². The number of para-hydroxylation sites is 1. The van der Waals surface area contributed by atoms with E-state index in [0.29, 0.717) is 40.0 Å². The number of methoxy groups -OCH3 is 2. The van der Waals surface area contributed by atoms with Gasteiger partial charge in [-0.25, -0.2) is 14.4 Å². The van der Waals surface area contributed by atoms with E-state index >= 15 is 0 Å². The average Bonchev–Trinajstić information content (AvgIpc) is 3.58. The molecular formula is C23H25FN6O4S. The third-order valence-electron chi connectivity index (χ3n) is 4.99. The van der Waals surface area contributed by atoms with Crippen LogP contribution < -0.4 is 14.2 Å². The van der Waals surface area contributed by atoms with Gasteiger partial charge in [0.15, 0.2) is 11.6 Å². The summed E-state index contributed by atoms with van der Waals surface area (Å²) in [4.78, 5) is 6.80. The van der Waals surface area contributed by atoms with Crippen LogP contribution in [0.25, 0.3) is 17.3 Å². The first kappa shape index (κ1) is 24.5. The lowest BCUT2D eigenvalue weighted by Gasteiger charge is -2.22. The smallest absolute Gasteiger partial charge is 0.239 e. The van der Waals surface area contributed by atoms with Gasteiger partial charge in [-0.1, -0.05) is 6.07 Å². The molecule has 1 N–H and O–H groups in total.